The lowest BCUT2D eigenvalue weighted by Gasteiger charge is -2.32. The van der Waals surface area contributed by atoms with E-state index in [2.05, 4.69) is 39.1 Å². The van der Waals surface area contributed by atoms with E-state index in [1.807, 2.05) is 12.1 Å². The van der Waals surface area contributed by atoms with Gasteiger partial charge in [-0.25, -0.2) is 0 Å². The summed E-state index contributed by atoms with van der Waals surface area (Å²) < 4.78 is 12.2. The number of fused-ring (bicyclic) bond motifs is 1. The zero-order valence-electron chi connectivity index (χ0n) is 13.7. The molecule has 4 rings (SSSR count). The number of amides is 1. The number of anilines is 1. The van der Waals surface area contributed by atoms with Gasteiger partial charge in [-0.15, -0.1) is 0 Å². The lowest BCUT2D eigenvalue weighted by atomic mass is 9.76. The normalized spacial score (nSPS) is 26.7. The van der Waals surface area contributed by atoms with E-state index in [1.165, 1.54) is 5.56 Å². The van der Waals surface area contributed by atoms with Crippen LogP contribution in [0.3, 0.4) is 0 Å². The Morgan fingerprint density at radius 2 is 1.73 bits per heavy atom. The van der Waals surface area contributed by atoms with E-state index in [-0.39, 0.29) is 29.6 Å². The lowest BCUT2D eigenvalue weighted by molar-refractivity contribution is -0.121. The minimum absolute atomic E-state index is 0.137. The molecule has 5 heteroatoms. The van der Waals surface area contributed by atoms with Gasteiger partial charge in [-0.05, 0) is 64.1 Å². The average Bonchev–Trinajstić information content (AvgIpc) is 3.14. The fraction of sp³-hybridized carbons (Fsp3) is 0.588. The zero-order valence-corrected chi connectivity index (χ0v) is 13.7. The number of nitrogens with one attached hydrogen (secondary N) is 1. The van der Waals surface area contributed by atoms with Gasteiger partial charge in [0.25, 0.3) is 0 Å². The summed E-state index contributed by atoms with van der Waals surface area (Å²) in [7, 11) is -0.344. The molecule has 1 saturated heterocycles. The summed E-state index contributed by atoms with van der Waals surface area (Å²) in [5.41, 5.74) is 2.36. The van der Waals surface area contributed by atoms with Gasteiger partial charge in [-0.3, -0.25) is 4.79 Å². The summed E-state index contributed by atoms with van der Waals surface area (Å²) in [6.45, 7) is 8.24. The third kappa shape index (κ3) is 1.95. The predicted octanol–water partition coefficient (Wildman–Crippen LogP) is 2.26. The second-order valence-electron chi connectivity index (χ2n) is 7.92. The second kappa shape index (κ2) is 4.15. The molecule has 1 saturated carbocycles. The summed E-state index contributed by atoms with van der Waals surface area (Å²) in [4.78, 5) is 12.1. The van der Waals surface area contributed by atoms with E-state index in [1.54, 1.807) is 0 Å². The van der Waals surface area contributed by atoms with E-state index < -0.39 is 0 Å². The summed E-state index contributed by atoms with van der Waals surface area (Å²) in [6.07, 6.45) is 2.83. The molecule has 3 aliphatic rings. The molecule has 1 aromatic carbocycles. The summed E-state index contributed by atoms with van der Waals surface area (Å²) in [5, 5.41) is 3.04. The zero-order chi connectivity index (χ0) is 15.8. The maximum atomic E-state index is 12.1. The van der Waals surface area contributed by atoms with E-state index in [0.29, 0.717) is 0 Å². The summed E-state index contributed by atoms with van der Waals surface area (Å²) in [6, 6.07) is 6.10. The SMILES string of the molecule is CC1(C)OB(c2ccc3c(c2)CC2(CC2)C(=O)N3)OC1(C)C. The van der Waals surface area contributed by atoms with Crippen molar-refractivity contribution in [2.24, 2.45) is 5.41 Å². The van der Waals surface area contributed by atoms with Gasteiger partial charge in [-0.2, -0.15) is 0 Å². The van der Waals surface area contributed by atoms with Crippen LogP contribution < -0.4 is 10.8 Å². The van der Waals surface area contributed by atoms with E-state index >= 15 is 0 Å². The van der Waals surface area contributed by atoms with Gasteiger partial charge in [0.05, 0.1) is 16.6 Å². The largest absolute Gasteiger partial charge is 0.494 e. The van der Waals surface area contributed by atoms with Gasteiger partial charge < -0.3 is 14.6 Å². The van der Waals surface area contributed by atoms with Gasteiger partial charge in [0.2, 0.25) is 5.91 Å². The third-order valence-electron chi connectivity index (χ3n) is 5.77. The average molecular weight is 299 g/mol. The van der Waals surface area contributed by atoms with Crippen LogP contribution in [0.2, 0.25) is 0 Å². The highest BCUT2D eigenvalue weighted by molar-refractivity contribution is 6.62. The lowest BCUT2D eigenvalue weighted by Crippen LogP contribution is -2.41. The quantitative estimate of drug-likeness (QED) is 0.809. The van der Waals surface area contributed by atoms with Crippen LogP contribution in [0.25, 0.3) is 0 Å². The van der Waals surface area contributed by atoms with Gasteiger partial charge in [0, 0.05) is 5.69 Å². The van der Waals surface area contributed by atoms with Crippen molar-refractivity contribution in [3.63, 3.8) is 0 Å². The molecule has 2 heterocycles. The van der Waals surface area contributed by atoms with Gasteiger partial charge in [0.1, 0.15) is 0 Å². The van der Waals surface area contributed by atoms with Crippen molar-refractivity contribution in [2.75, 3.05) is 5.32 Å². The number of carbonyl (C=O) groups is 1. The van der Waals surface area contributed by atoms with Crippen LogP contribution in [0, 0.1) is 5.41 Å². The van der Waals surface area contributed by atoms with Gasteiger partial charge in [-0.1, -0.05) is 12.1 Å². The fourth-order valence-corrected chi connectivity index (χ4v) is 3.26. The molecule has 0 atom stereocenters. The Hall–Kier alpha value is -1.33. The standard InChI is InChI=1S/C17H22BNO3/c1-15(2)16(3,4)22-18(21-15)12-5-6-13-11(9-12)10-17(7-8-17)14(20)19-13/h5-6,9H,7-8,10H2,1-4H3,(H,19,20). The van der Waals surface area contributed by atoms with Crippen molar-refractivity contribution in [3.8, 4) is 0 Å². The van der Waals surface area contributed by atoms with Crippen LogP contribution in [0.4, 0.5) is 5.69 Å². The van der Waals surface area contributed by atoms with E-state index in [9.17, 15) is 4.79 Å². The molecular formula is C17H22BNO3. The van der Waals surface area contributed by atoms with Crippen LogP contribution >= 0.6 is 0 Å². The molecule has 1 aliphatic carbocycles. The van der Waals surface area contributed by atoms with Crippen molar-refractivity contribution in [1.82, 2.24) is 0 Å². The van der Waals surface area contributed by atoms with Crippen molar-refractivity contribution in [3.05, 3.63) is 23.8 Å². The number of rotatable bonds is 1. The smallest absolute Gasteiger partial charge is 0.399 e. The molecule has 22 heavy (non-hydrogen) atoms. The number of hydrogen-bond donors (Lipinski definition) is 1. The van der Waals surface area contributed by atoms with Crippen LogP contribution in [0.5, 0.6) is 0 Å². The van der Waals surface area contributed by atoms with Crippen molar-refractivity contribution in [1.29, 1.82) is 0 Å². The minimum atomic E-state index is -0.344. The molecule has 1 N–H and O–H groups in total. The Labute approximate surface area is 131 Å². The van der Waals surface area contributed by atoms with Crippen LogP contribution in [-0.2, 0) is 20.5 Å². The number of hydrogen-bond acceptors (Lipinski definition) is 3. The molecule has 1 aromatic rings. The number of carbonyl (C=O) groups excluding carboxylic acids is 1. The van der Waals surface area contributed by atoms with E-state index in [0.717, 1.165) is 30.4 Å². The summed E-state index contributed by atoms with van der Waals surface area (Å²) >= 11 is 0. The molecule has 116 valence electrons. The molecule has 1 amide bonds. The first-order valence-electron chi connectivity index (χ1n) is 8.02. The highest BCUT2D eigenvalue weighted by Crippen LogP contribution is 2.52. The molecule has 4 nitrogen and oxygen atoms in total. The third-order valence-corrected chi connectivity index (χ3v) is 5.77. The Kier molecular flexibility index (Phi) is 2.69. The minimum Gasteiger partial charge on any atom is -0.399 e. The van der Waals surface area contributed by atoms with Crippen molar-refractivity contribution >= 4 is 24.2 Å². The highest BCUT2D eigenvalue weighted by Gasteiger charge is 2.53. The monoisotopic (exact) mass is 299 g/mol. The van der Waals surface area contributed by atoms with Crippen LogP contribution in [0.1, 0.15) is 46.1 Å². The van der Waals surface area contributed by atoms with Crippen LogP contribution in [0.15, 0.2) is 18.2 Å². The fourth-order valence-electron chi connectivity index (χ4n) is 3.26. The Morgan fingerprint density at radius 3 is 2.32 bits per heavy atom. The summed E-state index contributed by atoms with van der Waals surface area (Å²) in [5.74, 6) is 0.184. The van der Waals surface area contributed by atoms with Crippen molar-refractivity contribution in [2.45, 2.75) is 58.2 Å². The maximum absolute atomic E-state index is 12.1. The first-order chi connectivity index (χ1) is 10.2. The Morgan fingerprint density at radius 1 is 1.09 bits per heavy atom. The molecule has 0 bridgehead atoms. The Balaban J connectivity index is 1.64. The molecule has 0 radical (unpaired) electrons. The van der Waals surface area contributed by atoms with Crippen molar-refractivity contribution < 1.29 is 14.1 Å². The molecular weight excluding hydrogens is 277 g/mol. The first kappa shape index (κ1) is 14.3. The molecule has 2 aliphatic heterocycles. The molecule has 0 aromatic heterocycles. The molecule has 0 unspecified atom stereocenters. The van der Waals surface area contributed by atoms with Gasteiger partial charge in [0.15, 0.2) is 0 Å². The maximum Gasteiger partial charge on any atom is 0.494 e. The van der Waals surface area contributed by atoms with E-state index in [4.69, 9.17) is 9.31 Å². The second-order valence-corrected chi connectivity index (χ2v) is 7.92. The highest BCUT2D eigenvalue weighted by atomic mass is 16.7. The predicted molar refractivity (Wildman–Crippen MR) is 86.2 cm³/mol. The first-order valence-corrected chi connectivity index (χ1v) is 8.02. The Bertz CT molecular complexity index is 648. The molecule has 1 spiro atoms. The van der Waals surface area contributed by atoms with Gasteiger partial charge >= 0.3 is 7.12 Å². The topological polar surface area (TPSA) is 47.6 Å². The molecule has 2 fully saturated rings. The number of benzene rings is 1. The van der Waals surface area contributed by atoms with Crippen LogP contribution in [-0.4, -0.2) is 24.2 Å².